The van der Waals surface area contributed by atoms with Gasteiger partial charge >= 0.3 is 6.18 Å². The molecule has 2 N–H and O–H groups in total. The molecule has 0 spiro atoms. The summed E-state index contributed by atoms with van der Waals surface area (Å²) in [7, 11) is 0. The number of hydrogen-bond donors (Lipinski definition) is 2. The molecule has 0 aliphatic rings. The minimum atomic E-state index is -4.34. The van der Waals surface area contributed by atoms with Gasteiger partial charge in [0.1, 0.15) is 6.61 Å². The molecule has 1 amide bonds. The maximum absolute atomic E-state index is 12.0. The van der Waals surface area contributed by atoms with Gasteiger partial charge in [0.15, 0.2) is 0 Å². The summed E-state index contributed by atoms with van der Waals surface area (Å²) in [6.07, 6.45) is -4.34. The molecule has 5 nitrogen and oxygen atoms in total. The summed E-state index contributed by atoms with van der Waals surface area (Å²) >= 11 is 0. The van der Waals surface area contributed by atoms with Gasteiger partial charge in [-0.25, -0.2) is 0 Å². The number of carbonyl (C=O) groups is 1. The second-order valence-corrected chi connectivity index (χ2v) is 5.74. The number of nitriles is 1. The lowest BCUT2D eigenvalue weighted by Crippen LogP contribution is -2.29. The molecule has 2 aromatic carbocycles. The van der Waals surface area contributed by atoms with E-state index in [2.05, 4.69) is 15.4 Å². The van der Waals surface area contributed by atoms with Crippen molar-refractivity contribution in [1.29, 1.82) is 5.26 Å². The molecule has 0 radical (unpaired) electrons. The molecule has 0 aliphatic heterocycles. The molecule has 27 heavy (non-hydrogen) atoms. The number of rotatable bonds is 8. The second-order valence-electron chi connectivity index (χ2n) is 5.74. The van der Waals surface area contributed by atoms with Crippen LogP contribution in [0.15, 0.2) is 48.5 Å². The first-order valence-corrected chi connectivity index (χ1v) is 8.09. The SMILES string of the molecule is N#Cc1ccc(NCC(=O)NCc2ccc(COCC(F)(F)F)cc2)cc1. The molecule has 0 bridgehead atoms. The Morgan fingerprint density at radius 1 is 1.04 bits per heavy atom. The van der Waals surface area contributed by atoms with Gasteiger partial charge in [0.05, 0.1) is 24.8 Å². The highest BCUT2D eigenvalue weighted by molar-refractivity contribution is 5.80. The Morgan fingerprint density at radius 3 is 2.26 bits per heavy atom. The number of ether oxygens (including phenoxy) is 1. The second kappa shape index (κ2) is 9.59. The number of nitrogens with one attached hydrogen (secondary N) is 2. The minimum Gasteiger partial charge on any atom is -0.376 e. The molecule has 0 saturated carbocycles. The Kier molecular flexibility index (Phi) is 7.20. The highest BCUT2D eigenvalue weighted by atomic mass is 19.4. The first-order chi connectivity index (χ1) is 12.9. The van der Waals surface area contributed by atoms with E-state index in [1.165, 1.54) is 0 Å². The number of alkyl halides is 3. The minimum absolute atomic E-state index is 0.0786. The first kappa shape index (κ1) is 20.3. The lowest BCUT2D eigenvalue weighted by Gasteiger charge is -2.09. The Morgan fingerprint density at radius 2 is 1.67 bits per heavy atom. The van der Waals surface area contributed by atoms with E-state index in [1.54, 1.807) is 48.5 Å². The van der Waals surface area contributed by atoms with E-state index in [9.17, 15) is 18.0 Å². The Bertz CT molecular complexity index is 782. The highest BCUT2D eigenvalue weighted by Gasteiger charge is 2.27. The predicted octanol–water partition coefficient (Wildman–Crippen LogP) is 3.37. The summed E-state index contributed by atoms with van der Waals surface area (Å²) in [6, 6.07) is 15.5. The third-order valence-electron chi connectivity index (χ3n) is 3.51. The quantitative estimate of drug-likeness (QED) is 0.740. The van der Waals surface area contributed by atoms with Crippen LogP contribution >= 0.6 is 0 Å². The van der Waals surface area contributed by atoms with Crippen molar-refractivity contribution in [1.82, 2.24) is 5.32 Å². The zero-order valence-electron chi connectivity index (χ0n) is 14.3. The van der Waals surface area contributed by atoms with Crippen molar-refractivity contribution in [2.75, 3.05) is 18.5 Å². The molecule has 0 aliphatic carbocycles. The van der Waals surface area contributed by atoms with Crippen LogP contribution in [-0.4, -0.2) is 25.2 Å². The van der Waals surface area contributed by atoms with E-state index in [1.807, 2.05) is 6.07 Å². The van der Waals surface area contributed by atoms with Gasteiger partial charge < -0.3 is 15.4 Å². The van der Waals surface area contributed by atoms with Crippen molar-refractivity contribution in [2.24, 2.45) is 0 Å². The molecule has 2 aromatic rings. The lowest BCUT2D eigenvalue weighted by molar-refractivity contribution is -0.176. The molecule has 142 valence electrons. The zero-order chi connectivity index (χ0) is 19.7. The van der Waals surface area contributed by atoms with Gasteiger partial charge in [-0.05, 0) is 35.4 Å². The van der Waals surface area contributed by atoms with Crippen LogP contribution in [0.1, 0.15) is 16.7 Å². The van der Waals surface area contributed by atoms with E-state index in [-0.39, 0.29) is 19.1 Å². The number of halogens is 3. The van der Waals surface area contributed by atoms with Gasteiger partial charge in [-0.15, -0.1) is 0 Å². The fourth-order valence-corrected chi connectivity index (χ4v) is 2.15. The molecule has 0 unspecified atom stereocenters. The smallest absolute Gasteiger partial charge is 0.376 e. The lowest BCUT2D eigenvalue weighted by atomic mass is 10.1. The predicted molar refractivity (Wildman–Crippen MR) is 93.6 cm³/mol. The summed E-state index contributed by atoms with van der Waals surface area (Å²) in [5, 5.41) is 14.4. The van der Waals surface area contributed by atoms with Crippen LogP contribution < -0.4 is 10.6 Å². The number of nitrogens with zero attached hydrogens (tertiary/aromatic N) is 1. The van der Waals surface area contributed by atoms with Crippen LogP contribution in [0.25, 0.3) is 0 Å². The van der Waals surface area contributed by atoms with E-state index in [0.717, 1.165) is 11.3 Å². The maximum Gasteiger partial charge on any atom is 0.411 e. The van der Waals surface area contributed by atoms with E-state index in [4.69, 9.17) is 5.26 Å². The molecule has 0 aromatic heterocycles. The van der Waals surface area contributed by atoms with E-state index >= 15 is 0 Å². The average molecular weight is 377 g/mol. The van der Waals surface area contributed by atoms with Crippen molar-refractivity contribution in [3.8, 4) is 6.07 Å². The highest BCUT2D eigenvalue weighted by Crippen LogP contribution is 2.16. The summed E-state index contributed by atoms with van der Waals surface area (Å²) < 4.78 is 40.7. The number of amides is 1. The van der Waals surface area contributed by atoms with Crippen molar-refractivity contribution in [3.05, 3.63) is 65.2 Å². The third-order valence-corrected chi connectivity index (χ3v) is 3.51. The molecule has 0 saturated heterocycles. The average Bonchev–Trinajstić information content (AvgIpc) is 2.65. The molecule has 0 atom stereocenters. The molecule has 8 heteroatoms. The number of carbonyl (C=O) groups excluding carboxylic acids is 1. The summed E-state index contributed by atoms with van der Waals surface area (Å²) in [4.78, 5) is 11.9. The van der Waals surface area contributed by atoms with Crippen LogP contribution in [-0.2, 0) is 22.7 Å². The Hall–Kier alpha value is -3.05. The number of benzene rings is 2. The van der Waals surface area contributed by atoms with Gasteiger partial charge in [-0.2, -0.15) is 18.4 Å². The summed E-state index contributed by atoms with van der Waals surface area (Å²) in [5.74, 6) is -0.211. The van der Waals surface area contributed by atoms with Gasteiger partial charge in [-0.1, -0.05) is 24.3 Å². The van der Waals surface area contributed by atoms with Gasteiger partial charge in [0, 0.05) is 12.2 Å². The largest absolute Gasteiger partial charge is 0.411 e. The number of hydrogen-bond acceptors (Lipinski definition) is 4. The van der Waals surface area contributed by atoms with Gasteiger partial charge in [0.25, 0.3) is 0 Å². The zero-order valence-corrected chi connectivity index (χ0v) is 14.3. The standard InChI is InChI=1S/C19H18F3N3O2/c20-19(21,22)13-27-12-16-3-1-15(2-4-16)10-25-18(26)11-24-17-7-5-14(9-23)6-8-17/h1-8,24H,10-13H2,(H,25,26). The van der Waals surface area contributed by atoms with Crippen LogP contribution in [0.5, 0.6) is 0 Å². The van der Waals surface area contributed by atoms with Crippen molar-refractivity contribution >= 4 is 11.6 Å². The Labute approximate surface area is 154 Å². The molecule has 0 fully saturated rings. The van der Waals surface area contributed by atoms with Crippen LogP contribution in [0.4, 0.5) is 18.9 Å². The van der Waals surface area contributed by atoms with E-state index in [0.29, 0.717) is 17.7 Å². The fourth-order valence-electron chi connectivity index (χ4n) is 2.15. The van der Waals surface area contributed by atoms with E-state index < -0.39 is 12.8 Å². The van der Waals surface area contributed by atoms with Crippen LogP contribution in [0.2, 0.25) is 0 Å². The Balaban J connectivity index is 1.70. The molecule has 2 rings (SSSR count). The van der Waals surface area contributed by atoms with Gasteiger partial charge in [-0.3, -0.25) is 4.79 Å². The van der Waals surface area contributed by atoms with Crippen LogP contribution in [0.3, 0.4) is 0 Å². The maximum atomic E-state index is 12.0. The molecular weight excluding hydrogens is 359 g/mol. The summed E-state index contributed by atoms with van der Waals surface area (Å²) in [6.45, 7) is -1.02. The van der Waals surface area contributed by atoms with Crippen LogP contribution in [0, 0.1) is 11.3 Å². The molecule has 0 heterocycles. The normalized spacial score (nSPS) is 10.9. The fraction of sp³-hybridized carbons (Fsp3) is 0.263. The van der Waals surface area contributed by atoms with Crippen molar-refractivity contribution < 1.29 is 22.7 Å². The third kappa shape index (κ3) is 7.79. The topological polar surface area (TPSA) is 74.2 Å². The van der Waals surface area contributed by atoms with Crippen molar-refractivity contribution in [3.63, 3.8) is 0 Å². The number of anilines is 1. The van der Waals surface area contributed by atoms with Crippen molar-refractivity contribution in [2.45, 2.75) is 19.3 Å². The first-order valence-electron chi connectivity index (χ1n) is 8.09. The van der Waals surface area contributed by atoms with Gasteiger partial charge in [0.2, 0.25) is 5.91 Å². The summed E-state index contributed by atoms with van der Waals surface area (Å²) in [5.41, 5.74) is 2.71. The monoisotopic (exact) mass is 377 g/mol. The molecular formula is C19H18F3N3O2.